The summed E-state index contributed by atoms with van der Waals surface area (Å²) in [5, 5.41) is 3.82. The summed E-state index contributed by atoms with van der Waals surface area (Å²) in [6.07, 6.45) is 2.01. The van der Waals surface area contributed by atoms with Crippen LogP contribution in [0, 0.1) is 6.92 Å². The third-order valence-electron chi connectivity index (χ3n) is 5.44. The summed E-state index contributed by atoms with van der Waals surface area (Å²) in [7, 11) is 1.53. The van der Waals surface area contributed by atoms with Gasteiger partial charge in [0.05, 0.1) is 0 Å². The molecule has 0 fully saturated rings. The van der Waals surface area contributed by atoms with E-state index in [1.807, 2.05) is 43.3 Å². The average molecular weight is 441 g/mol. The van der Waals surface area contributed by atoms with E-state index in [0.29, 0.717) is 22.0 Å². The van der Waals surface area contributed by atoms with Gasteiger partial charge in [-0.1, -0.05) is 48.0 Å². The van der Waals surface area contributed by atoms with Crippen LogP contribution < -0.4 is 10.9 Å². The van der Waals surface area contributed by atoms with Crippen molar-refractivity contribution in [1.29, 1.82) is 0 Å². The largest absolute Gasteiger partial charge is 0.448 e. The Balaban J connectivity index is 1.76. The van der Waals surface area contributed by atoms with E-state index in [1.54, 1.807) is 36.7 Å². The van der Waals surface area contributed by atoms with Gasteiger partial charge in [0.25, 0.3) is 11.5 Å². The van der Waals surface area contributed by atoms with Gasteiger partial charge in [0.15, 0.2) is 6.10 Å². The van der Waals surface area contributed by atoms with Crippen LogP contribution in [0.15, 0.2) is 77.9 Å². The molecule has 0 spiro atoms. The maximum atomic E-state index is 13.3. The van der Waals surface area contributed by atoms with Crippen molar-refractivity contribution in [2.45, 2.75) is 20.0 Å². The molecular formula is C26H23N3O4. The molecule has 0 aliphatic carbocycles. The van der Waals surface area contributed by atoms with Crippen molar-refractivity contribution in [1.82, 2.24) is 9.55 Å². The second-order valence-corrected chi connectivity index (χ2v) is 7.77. The molecule has 0 aliphatic rings. The molecular weight excluding hydrogens is 418 g/mol. The lowest BCUT2D eigenvalue weighted by molar-refractivity contribution is -0.123. The van der Waals surface area contributed by atoms with Gasteiger partial charge in [-0.2, -0.15) is 0 Å². The molecule has 1 N–H and O–H groups in total. The Morgan fingerprint density at radius 3 is 2.27 bits per heavy atom. The van der Waals surface area contributed by atoms with E-state index in [-0.39, 0.29) is 11.3 Å². The lowest BCUT2D eigenvalue weighted by Gasteiger charge is -2.19. The van der Waals surface area contributed by atoms with Crippen molar-refractivity contribution < 1.29 is 14.3 Å². The maximum absolute atomic E-state index is 13.3. The van der Waals surface area contributed by atoms with Gasteiger partial charge in [0, 0.05) is 36.1 Å². The molecule has 0 saturated heterocycles. The number of hydrogen-bond donors (Lipinski definition) is 1. The number of nitrogens with one attached hydrogen (secondary N) is 1. The predicted octanol–water partition coefficient (Wildman–Crippen LogP) is 4.09. The second-order valence-electron chi connectivity index (χ2n) is 7.77. The molecule has 4 aromatic rings. The highest BCUT2D eigenvalue weighted by atomic mass is 16.5. The first-order valence-electron chi connectivity index (χ1n) is 10.5. The lowest BCUT2D eigenvalue weighted by Crippen LogP contribution is -2.32. The summed E-state index contributed by atoms with van der Waals surface area (Å²) in [4.78, 5) is 42.8. The number of esters is 1. The summed E-state index contributed by atoms with van der Waals surface area (Å²) in [6, 6.07) is 18.1. The zero-order chi connectivity index (χ0) is 23.5. The van der Waals surface area contributed by atoms with Crippen molar-refractivity contribution in [2.24, 2.45) is 7.05 Å². The molecule has 2 aromatic heterocycles. The molecule has 1 unspecified atom stereocenters. The van der Waals surface area contributed by atoms with Crippen molar-refractivity contribution in [3.8, 4) is 11.1 Å². The number of carbonyl (C=O) groups is 2. The zero-order valence-electron chi connectivity index (χ0n) is 18.5. The van der Waals surface area contributed by atoms with E-state index >= 15 is 0 Å². The smallest absolute Gasteiger partial charge is 0.356 e. The van der Waals surface area contributed by atoms with E-state index in [9.17, 15) is 14.4 Å². The van der Waals surface area contributed by atoms with Gasteiger partial charge in [0.1, 0.15) is 5.69 Å². The van der Waals surface area contributed by atoms with Crippen molar-refractivity contribution in [2.75, 3.05) is 5.32 Å². The minimum atomic E-state index is -1.09. The number of hydrogen-bond acceptors (Lipinski definition) is 5. The Kier molecular flexibility index (Phi) is 6.04. The molecule has 1 amide bonds. The summed E-state index contributed by atoms with van der Waals surface area (Å²) >= 11 is 0. The molecule has 7 heteroatoms. The molecule has 0 aliphatic heterocycles. The van der Waals surface area contributed by atoms with E-state index in [4.69, 9.17) is 4.74 Å². The maximum Gasteiger partial charge on any atom is 0.356 e. The van der Waals surface area contributed by atoms with Gasteiger partial charge in [-0.15, -0.1) is 0 Å². The molecule has 4 rings (SSSR count). The van der Waals surface area contributed by atoms with Crippen molar-refractivity contribution in [3.05, 3.63) is 94.7 Å². The number of amides is 1. The number of pyridine rings is 2. The van der Waals surface area contributed by atoms with Crippen LogP contribution in [0.2, 0.25) is 0 Å². The first-order valence-corrected chi connectivity index (χ1v) is 10.5. The number of nitrogens with zero attached hydrogens (tertiary/aromatic N) is 2. The number of fused-ring (bicyclic) bond motifs is 1. The van der Waals surface area contributed by atoms with Crippen LogP contribution in [0.1, 0.15) is 23.0 Å². The highest BCUT2D eigenvalue weighted by molar-refractivity contribution is 6.07. The fraction of sp³-hybridized carbons (Fsp3) is 0.154. The number of aryl methyl sites for hydroxylation is 1. The Labute approximate surface area is 190 Å². The van der Waals surface area contributed by atoms with Gasteiger partial charge in [0.2, 0.25) is 0 Å². The van der Waals surface area contributed by atoms with Crippen LogP contribution in [0.5, 0.6) is 0 Å². The predicted molar refractivity (Wildman–Crippen MR) is 127 cm³/mol. The van der Waals surface area contributed by atoms with Crippen LogP contribution in [0.3, 0.4) is 0 Å². The second kappa shape index (κ2) is 9.08. The fourth-order valence-electron chi connectivity index (χ4n) is 3.67. The van der Waals surface area contributed by atoms with Crippen LogP contribution in [0.25, 0.3) is 21.9 Å². The summed E-state index contributed by atoms with van der Waals surface area (Å²) in [5.41, 5.74) is 2.73. The molecule has 1 atom stereocenters. The third-order valence-corrected chi connectivity index (χ3v) is 5.44. The van der Waals surface area contributed by atoms with Gasteiger partial charge in [-0.3, -0.25) is 14.6 Å². The number of carbonyl (C=O) groups excluding carboxylic acids is 2. The third kappa shape index (κ3) is 4.39. The number of rotatable bonds is 5. The molecule has 166 valence electrons. The molecule has 7 nitrogen and oxygen atoms in total. The lowest BCUT2D eigenvalue weighted by atomic mass is 9.96. The molecule has 0 saturated carbocycles. The first kappa shape index (κ1) is 22.0. The minimum Gasteiger partial charge on any atom is -0.448 e. The summed E-state index contributed by atoms with van der Waals surface area (Å²) in [5.74, 6) is -1.24. The highest BCUT2D eigenvalue weighted by Crippen LogP contribution is 2.31. The van der Waals surface area contributed by atoms with Gasteiger partial charge < -0.3 is 14.6 Å². The standard InChI is InChI=1S/C26H23N3O4/c1-16-8-10-18(11-9-16)22-20-6-4-5-7-21(20)25(31)29(3)23(22)26(32)33-17(2)24(30)28-19-12-14-27-15-13-19/h4-15,17H,1-3H3,(H,27,28,30). The van der Waals surface area contributed by atoms with Crippen molar-refractivity contribution in [3.63, 3.8) is 0 Å². The van der Waals surface area contributed by atoms with E-state index in [1.165, 1.54) is 18.5 Å². The summed E-state index contributed by atoms with van der Waals surface area (Å²) in [6.45, 7) is 3.46. The van der Waals surface area contributed by atoms with Crippen LogP contribution in [-0.2, 0) is 16.6 Å². The number of aromatic nitrogens is 2. The average Bonchev–Trinajstić information content (AvgIpc) is 2.82. The SMILES string of the molecule is Cc1ccc(-c2c(C(=O)OC(C)C(=O)Nc3ccncc3)n(C)c(=O)c3ccccc23)cc1. The van der Waals surface area contributed by atoms with E-state index < -0.39 is 18.0 Å². The van der Waals surface area contributed by atoms with Gasteiger partial charge in [-0.25, -0.2) is 4.79 Å². The normalized spacial score (nSPS) is 11.7. The quantitative estimate of drug-likeness (QED) is 0.471. The molecule has 33 heavy (non-hydrogen) atoms. The number of anilines is 1. The highest BCUT2D eigenvalue weighted by Gasteiger charge is 2.26. The molecule has 0 bridgehead atoms. The topological polar surface area (TPSA) is 90.3 Å². The van der Waals surface area contributed by atoms with Gasteiger partial charge in [-0.05, 0) is 43.0 Å². The Morgan fingerprint density at radius 2 is 1.61 bits per heavy atom. The van der Waals surface area contributed by atoms with Crippen LogP contribution >= 0.6 is 0 Å². The van der Waals surface area contributed by atoms with Crippen molar-refractivity contribution >= 4 is 28.3 Å². The fourth-order valence-corrected chi connectivity index (χ4v) is 3.67. The zero-order valence-corrected chi connectivity index (χ0v) is 18.5. The Morgan fingerprint density at radius 1 is 0.970 bits per heavy atom. The minimum absolute atomic E-state index is 0.0890. The Bertz CT molecular complexity index is 1390. The number of ether oxygens (including phenoxy) is 1. The summed E-state index contributed by atoms with van der Waals surface area (Å²) < 4.78 is 6.80. The number of benzene rings is 2. The van der Waals surface area contributed by atoms with Crippen LogP contribution in [0.4, 0.5) is 5.69 Å². The first-order chi connectivity index (χ1) is 15.9. The Hall–Kier alpha value is -4.26. The molecule has 0 radical (unpaired) electrons. The van der Waals surface area contributed by atoms with Gasteiger partial charge >= 0.3 is 5.97 Å². The molecule has 2 aromatic carbocycles. The molecule has 2 heterocycles. The van der Waals surface area contributed by atoms with E-state index in [2.05, 4.69) is 10.3 Å². The monoisotopic (exact) mass is 441 g/mol. The van der Waals surface area contributed by atoms with Crippen LogP contribution in [-0.4, -0.2) is 27.5 Å². The van der Waals surface area contributed by atoms with E-state index in [0.717, 1.165) is 11.1 Å².